The van der Waals surface area contributed by atoms with Crippen LogP contribution >= 0.6 is 15.9 Å². The Morgan fingerprint density at radius 2 is 2.06 bits per heavy atom. The smallest absolute Gasteiger partial charge is 0.253 e. The first-order chi connectivity index (χ1) is 8.39. The molecule has 1 aliphatic heterocycles. The van der Waals surface area contributed by atoms with Gasteiger partial charge in [-0.1, -0.05) is 0 Å². The van der Waals surface area contributed by atoms with Gasteiger partial charge in [-0.15, -0.1) is 0 Å². The monoisotopic (exact) mass is 312 g/mol. The number of hydrogen-bond donors (Lipinski definition) is 2. The Bertz CT molecular complexity index is 464. The van der Waals surface area contributed by atoms with Crippen LogP contribution in [0, 0.1) is 0 Å². The number of aliphatic hydroxyl groups is 1. The summed E-state index contributed by atoms with van der Waals surface area (Å²) in [5.74, 6) is -0.00815. The largest absolute Gasteiger partial charge is 0.398 e. The normalized spacial score (nSPS) is 18.7. The lowest BCUT2D eigenvalue weighted by atomic mass is 9.93. The van der Waals surface area contributed by atoms with Crippen molar-refractivity contribution in [2.75, 3.05) is 18.8 Å². The van der Waals surface area contributed by atoms with Gasteiger partial charge < -0.3 is 15.7 Å². The predicted octanol–water partition coefficient (Wildman–Crippen LogP) is 2.02. The van der Waals surface area contributed by atoms with Crippen LogP contribution in [0.15, 0.2) is 22.7 Å². The topological polar surface area (TPSA) is 66.6 Å². The zero-order valence-corrected chi connectivity index (χ0v) is 11.9. The summed E-state index contributed by atoms with van der Waals surface area (Å²) >= 11 is 3.32. The molecule has 1 fully saturated rings. The molecule has 1 heterocycles. The number of piperidine rings is 1. The van der Waals surface area contributed by atoms with Gasteiger partial charge in [0.1, 0.15) is 0 Å². The number of anilines is 1. The summed E-state index contributed by atoms with van der Waals surface area (Å²) in [5.41, 5.74) is 6.30. The van der Waals surface area contributed by atoms with Gasteiger partial charge in [-0.25, -0.2) is 0 Å². The second kappa shape index (κ2) is 4.90. The van der Waals surface area contributed by atoms with E-state index in [2.05, 4.69) is 15.9 Å². The Hall–Kier alpha value is -1.07. The zero-order chi connectivity index (χ0) is 13.3. The third-order valence-electron chi connectivity index (χ3n) is 3.38. The van der Waals surface area contributed by atoms with Crippen LogP contribution in [0.25, 0.3) is 0 Å². The molecule has 0 radical (unpaired) electrons. The number of likely N-dealkylation sites (tertiary alicyclic amines) is 1. The third kappa shape index (κ3) is 2.84. The van der Waals surface area contributed by atoms with E-state index in [1.54, 1.807) is 23.1 Å². The van der Waals surface area contributed by atoms with Gasteiger partial charge in [0.25, 0.3) is 5.91 Å². The summed E-state index contributed by atoms with van der Waals surface area (Å²) in [5, 5.41) is 9.86. The maximum atomic E-state index is 12.3. The van der Waals surface area contributed by atoms with Crippen LogP contribution in [0.5, 0.6) is 0 Å². The molecule has 1 saturated heterocycles. The molecule has 3 N–H and O–H groups in total. The molecule has 1 amide bonds. The summed E-state index contributed by atoms with van der Waals surface area (Å²) < 4.78 is 0.734. The molecule has 2 rings (SSSR count). The minimum absolute atomic E-state index is 0.00815. The highest BCUT2D eigenvalue weighted by atomic mass is 79.9. The molecule has 0 aromatic heterocycles. The molecule has 1 aliphatic rings. The molecular formula is C13H17BrN2O2. The number of hydrogen-bond acceptors (Lipinski definition) is 3. The van der Waals surface area contributed by atoms with Gasteiger partial charge in [0.05, 0.1) is 5.60 Å². The molecule has 0 unspecified atom stereocenters. The molecule has 0 spiro atoms. The number of amides is 1. The molecule has 0 atom stereocenters. The minimum atomic E-state index is -0.640. The van der Waals surface area contributed by atoms with Gasteiger partial charge in [0.2, 0.25) is 0 Å². The van der Waals surface area contributed by atoms with E-state index in [0.717, 1.165) is 4.47 Å². The quantitative estimate of drug-likeness (QED) is 0.780. The average molecular weight is 313 g/mol. The zero-order valence-electron chi connectivity index (χ0n) is 10.3. The second-order valence-corrected chi connectivity index (χ2v) is 5.88. The lowest BCUT2D eigenvalue weighted by Crippen LogP contribution is -2.45. The van der Waals surface area contributed by atoms with E-state index in [0.29, 0.717) is 37.2 Å². The van der Waals surface area contributed by atoms with Crippen molar-refractivity contribution in [3.63, 3.8) is 0 Å². The van der Waals surface area contributed by atoms with Crippen LogP contribution in [0.1, 0.15) is 30.1 Å². The van der Waals surface area contributed by atoms with E-state index in [9.17, 15) is 9.90 Å². The highest BCUT2D eigenvalue weighted by Crippen LogP contribution is 2.25. The molecule has 0 aliphatic carbocycles. The molecule has 0 saturated carbocycles. The third-order valence-corrected chi connectivity index (χ3v) is 4.06. The molecule has 5 heteroatoms. The molecule has 1 aromatic carbocycles. The molecule has 18 heavy (non-hydrogen) atoms. The van der Waals surface area contributed by atoms with E-state index < -0.39 is 5.60 Å². The lowest BCUT2D eigenvalue weighted by molar-refractivity contribution is -0.00202. The first-order valence-electron chi connectivity index (χ1n) is 5.96. The number of nitrogens with two attached hydrogens (primary N) is 1. The fourth-order valence-corrected chi connectivity index (χ4v) is 2.41. The van der Waals surface area contributed by atoms with Crippen molar-refractivity contribution in [1.29, 1.82) is 0 Å². The Labute approximate surface area is 115 Å². The number of nitrogens with zero attached hydrogens (tertiary/aromatic N) is 1. The van der Waals surface area contributed by atoms with Crippen molar-refractivity contribution in [2.45, 2.75) is 25.4 Å². The van der Waals surface area contributed by atoms with Crippen LogP contribution in [-0.2, 0) is 0 Å². The Morgan fingerprint density at radius 3 is 2.61 bits per heavy atom. The Kier molecular flexibility index (Phi) is 3.64. The van der Waals surface area contributed by atoms with Crippen molar-refractivity contribution >= 4 is 27.5 Å². The summed E-state index contributed by atoms with van der Waals surface area (Å²) in [6.07, 6.45) is 1.24. The fourth-order valence-electron chi connectivity index (χ4n) is 2.03. The van der Waals surface area contributed by atoms with Crippen LogP contribution in [-0.4, -0.2) is 34.6 Å². The van der Waals surface area contributed by atoms with Crippen molar-refractivity contribution in [3.05, 3.63) is 28.2 Å². The van der Waals surface area contributed by atoms with E-state index >= 15 is 0 Å². The number of halogens is 1. The van der Waals surface area contributed by atoms with Gasteiger partial charge >= 0.3 is 0 Å². The first-order valence-corrected chi connectivity index (χ1v) is 6.75. The minimum Gasteiger partial charge on any atom is -0.398 e. The van der Waals surface area contributed by atoms with E-state index in [1.165, 1.54) is 0 Å². The number of nitrogen functional groups attached to an aromatic ring is 1. The van der Waals surface area contributed by atoms with Crippen molar-refractivity contribution < 1.29 is 9.90 Å². The predicted molar refractivity (Wildman–Crippen MR) is 74.3 cm³/mol. The molecule has 4 nitrogen and oxygen atoms in total. The summed E-state index contributed by atoms with van der Waals surface area (Å²) in [7, 11) is 0. The van der Waals surface area contributed by atoms with Gasteiger partial charge in [-0.2, -0.15) is 0 Å². The Morgan fingerprint density at radius 1 is 1.44 bits per heavy atom. The first kappa shape index (κ1) is 13.4. The average Bonchev–Trinajstić information content (AvgIpc) is 2.32. The number of benzene rings is 1. The van der Waals surface area contributed by atoms with E-state index in [4.69, 9.17) is 5.73 Å². The van der Waals surface area contributed by atoms with Crippen molar-refractivity contribution in [1.82, 2.24) is 4.90 Å². The highest BCUT2D eigenvalue weighted by Gasteiger charge is 2.29. The fraction of sp³-hybridized carbons (Fsp3) is 0.462. The van der Waals surface area contributed by atoms with E-state index in [1.807, 2.05) is 6.92 Å². The highest BCUT2D eigenvalue weighted by molar-refractivity contribution is 9.10. The second-order valence-electron chi connectivity index (χ2n) is 5.03. The maximum Gasteiger partial charge on any atom is 0.253 e. The van der Waals surface area contributed by atoms with Gasteiger partial charge in [-0.3, -0.25) is 4.79 Å². The van der Waals surface area contributed by atoms with Crippen molar-refractivity contribution in [3.8, 4) is 0 Å². The molecule has 0 bridgehead atoms. The van der Waals surface area contributed by atoms with Gasteiger partial charge in [-0.05, 0) is 53.9 Å². The van der Waals surface area contributed by atoms with Crippen LogP contribution in [0.2, 0.25) is 0 Å². The maximum absolute atomic E-state index is 12.3. The molecular weight excluding hydrogens is 296 g/mol. The summed E-state index contributed by atoms with van der Waals surface area (Å²) in [6, 6.07) is 5.19. The lowest BCUT2D eigenvalue weighted by Gasteiger charge is -2.35. The Balaban J connectivity index is 2.10. The SMILES string of the molecule is CC1(O)CCN(C(=O)c2ccc(N)c(Br)c2)CC1. The number of carbonyl (C=O) groups is 1. The summed E-state index contributed by atoms with van der Waals surface area (Å²) in [6.45, 7) is 3.00. The van der Waals surface area contributed by atoms with Gasteiger partial charge in [0.15, 0.2) is 0 Å². The molecule has 1 aromatic rings. The standard InChI is InChI=1S/C13H17BrN2O2/c1-13(18)4-6-16(7-5-13)12(17)9-2-3-11(15)10(14)8-9/h2-3,8,18H,4-7,15H2,1H3. The molecule has 98 valence electrons. The summed E-state index contributed by atoms with van der Waals surface area (Å²) in [4.78, 5) is 14.0. The van der Waals surface area contributed by atoms with Crippen molar-refractivity contribution in [2.24, 2.45) is 0 Å². The van der Waals surface area contributed by atoms with Crippen LogP contribution in [0.3, 0.4) is 0 Å². The van der Waals surface area contributed by atoms with Crippen LogP contribution < -0.4 is 5.73 Å². The van der Waals surface area contributed by atoms with E-state index in [-0.39, 0.29) is 5.91 Å². The number of carbonyl (C=O) groups excluding carboxylic acids is 1. The van der Waals surface area contributed by atoms with Crippen LogP contribution in [0.4, 0.5) is 5.69 Å². The van der Waals surface area contributed by atoms with Gasteiger partial charge in [0, 0.05) is 28.8 Å². The number of rotatable bonds is 1.